The summed E-state index contributed by atoms with van der Waals surface area (Å²) < 4.78 is 0. The van der Waals surface area contributed by atoms with Gasteiger partial charge in [0.2, 0.25) is 5.28 Å². The van der Waals surface area contributed by atoms with Crippen LogP contribution in [0.2, 0.25) is 5.28 Å². The lowest BCUT2D eigenvalue weighted by molar-refractivity contribution is 1.16. The van der Waals surface area contributed by atoms with Crippen molar-refractivity contribution in [3.8, 4) is 0 Å². The van der Waals surface area contributed by atoms with Gasteiger partial charge in [0.05, 0.1) is 0 Å². The van der Waals surface area contributed by atoms with Gasteiger partial charge in [0, 0.05) is 11.8 Å². The maximum atomic E-state index is 5.62. The van der Waals surface area contributed by atoms with Gasteiger partial charge < -0.3 is 11.1 Å². The number of anilines is 2. The van der Waals surface area contributed by atoms with E-state index in [1.165, 1.54) is 0 Å². The first-order valence-electron chi connectivity index (χ1n) is 3.82. The van der Waals surface area contributed by atoms with Gasteiger partial charge in [0.1, 0.15) is 11.6 Å². The number of halogens is 1. The summed E-state index contributed by atoms with van der Waals surface area (Å²) in [5.41, 5.74) is 6.46. The zero-order chi connectivity index (χ0) is 9.84. The number of hydrogen-bond donors (Lipinski definition) is 2. The second-order valence-corrected chi connectivity index (χ2v) is 2.88. The standard InChI is InChI=1S/C8H11ClN4/c1-3-5(2)11-7-4-6(10)12-8(9)13-7/h3-4H,1-2H3,(H3,10,11,12,13)/b5-3-. The summed E-state index contributed by atoms with van der Waals surface area (Å²) >= 11 is 5.62. The van der Waals surface area contributed by atoms with Crippen LogP contribution in [0.15, 0.2) is 17.8 Å². The first-order valence-corrected chi connectivity index (χ1v) is 4.19. The summed E-state index contributed by atoms with van der Waals surface area (Å²) in [4.78, 5) is 7.68. The van der Waals surface area contributed by atoms with E-state index in [-0.39, 0.29) is 5.28 Å². The molecule has 0 saturated heterocycles. The van der Waals surface area contributed by atoms with E-state index in [1.54, 1.807) is 6.07 Å². The number of nitrogen functional groups attached to an aromatic ring is 1. The van der Waals surface area contributed by atoms with E-state index in [4.69, 9.17) is 17.3 Å². The number of rotatable bonds is 2. The maximum Gasteiger partial charge on any atom is 0.226 e. The molecule has 0 atom stereocenters. The Balaban J connectivity index is 2.89. The van der Waals surface area contributed by atoms with Crippen LogP contribution in [0.25, 0.3) is 0 Å². The molecule has 4 nitrogen and oxygen atoms in total. The molecule has 0 aliphatic heterocycles. The van der Waals surface area contributed by atoms with Gasteiger partial charge in [-0.25, -0.2) is 9.97 Å². The molecule has 13 heavy (non-hydrogen) atoms. The second-order valence-electron chi connectivity index (χ2n) is 2.54. The lowest BCUT2D eigenvalue weighted by Gasteiger charge is -2.05. The summed E-state index contributed by atoms with van der Waals surface area (Å²) in [5, 5.41) is 3.16. The molecule has 0 amide bonds. The highest BCUT2D eigenvalue weighted by molar-refractivity contribution is 6.28. The number of nitrogens with two attached hydrogens (primary N) is 1. The van der Waals surface area contributed by atoms with E-state index < -0.39 is 0 Å². The Bertz CT molecular complexity index is 315. The summed E-state index contributed by atoms with van der Waals surface area (Å²) in [7, 11) is 0. The van der Waals surface area contributed by atoms with E-state index in [1.807, 2.05) is 19.9 Å². The van der Waals surface area contributed by atoms with Gasteiger partial charge in [-0.3, -0.25) is 0 Å². The zero-order valence-corrected chi connectivity index (χ0v) is 8.26. The van der Waals surface area contributed by atoms with Crippen molar-refractivity contribution in [2.45, 2.75) is 13.8 Å². The van der Waals surface area contributed by atoms with Crippen LogP contribution in [0.5, 0.6) is 0 Å². The fraction of sp³-hybridized carbons (Fsp3) is 0.250. The highest BCUT2D eigenvalue weighted by Crippen LogP contribution is 2.13. The van der Waals surface area contributed by atoms with E-state index in [2.05, 4.69) is 15.3 Å². The Hall–Kier alpha value is -1.29. The van der Waals surface area contributed by atoms with Crippen molar-refractivity contribution >= 4 is 23.2 Å². The van der Waals surface area contributed by atoms with Gasteiger partial charge in [0.15, 0.2) is 0 Å². The molecule has 0 spiro atoms. The molecular weight excluding hydrogens is 188 g/mol. The third-order valence-electron chi connectivity index (χ3n) is 1.48. The van der Waals surface area contributed by atoms with Crippen molar-refractivity contribution < 1.29 is 0 Å². The molecule has 5 heteroatoms. The molecule has 0 aliphatic rings. The first kappa shape index (κ1) is 9.80. The summed E-state index contributed by atoms with van der Waals surface area (Å²) in [6.07, 6.45) is 1.92. The van der Waals surface area contributed by atoms with Crippen LogP contribution in [0.4, 0.5) is 11.6 Å². The Labute approximate surface area is 81.8 Å². The monoisotopic (exact) mass is 198 g/mol. The summed E-state index contributed by atoms with van der Waals surface area (Å²) in [5.74, 6) is 0.958. The van der Waals surface area contributed by atoms with E-state index in [9.17, 15) is 0 Å². The number of hydrogen-bond acceptors (Lipinski definition) is 4. The largest absolute Gasteiger partial charge is 0.383 e. The van der Waals surface area contributed by atoms with Gasteiger partial charge >= 0.3 is 0 Å². The van der Waals surface area contributed by atoms with Crippen LogP contribution in [0.3, 0.4) is 0 Å². The van der Waals surface area contributed by atoms with Crippen LogP contribution in [-0.2, 0) is 0 Å². The van der Waals surface area contributed by atoms with Crippen molar-refractivity contribution in [1.29, 1.82) is 0 Å². The van der Waals surface area contributed by atoms with E-state index >= 15 is 0 Å². The topological polar surface area (TPSA) is 63.8 Å². The van der Waals surface area contributed by atoms with Crippen molar-refractivity contribution in [1.82, 2.24) is 9.97 Å². The number of allylic oxidation sites excluding steroid dienone is 2. The van der Waals surface area contributed by atoms with Gasteiger partial charge in [-0.1, -0.05) is 6.08 Å². The second kappa shape index (κ2) is 4.09. The van der Waals surface area contributed by atoms with Crippen molar-refractivity contribution in [3.05, 3.63) is 23.1 Å². The van der Waals surface area contributed by atoms with Crippen LogP contribution >= 0.6 is 11.6 Å². The Morgan fingerprint density at radius 1 is 1.62 bits per heavy atom. The van der Waals surface area contributed by atoms with E-state index in [0.717, 1.165) is 5.70 Å². The molecule has 0 bridgehead atoms. The number of aromatic nitrogens is 2. The van der Waals surface area contributed by atoms with Crippen LogP contribution < -0.4 is 11.1 Å². The molecule has 0 radical (unpaired) electrons. The van der Waals surface area contributed by atoms with Crippen LogP contribution in [0.1, 0.15) is 13.8 Å². The fourth-order valence-corrected chi connectivity index (χ4v) is 0.962. The molecule has 3 N–H and O–H groups in total. The minimum absolute atomic E-state index is 0.145. The highest BCUT2D eigenvalue weighted by atomic mass is 35.5. The smallest absolute Gasteiger partial charge is 0.226 e. The third kappa shape index (κ3) is 2.91. The average molecular weight is 199 g/mol. The zero-order valence-electron chi connectivity index (χ0n) is 7.50. The molecule has 0 unspecified atom stereocenters. The van der Waals surface area contributed by atoms with Gasteiger partial charge in [-0.05, 0) is 25.4 Å². The number of nitrogens with one attached hydrogen (secondary N) is 1. The fourth-order valence-electron chi connectivity index (χ4n) is 0.774. The summed E-state index contributed by atoms with van der Waals surface area (Å²) in [6.45, 7) is 3.85. The van der Waals surface area contributed by atoms with Crippen LogP contribution in [-0.4, -0.2) is 9.97 Å². The summed E-state index contributed by atoms with van der Waals surface area (Å²) in [6, 6.07) is 1.62. The average Bonchev–Trinajstić information content (AvgIpc) is 2.02. The Morgan fingerprint density at radius 3 is 2.85 bits per heavy atom. The predicted octanol–water partition coefficient (Wildman–Crippen LogP) is 2.05. The minimum Gasteiger partial charge on any atom is -0.383 e. The highest BCUT2D eigenvalue weighted by Gasteiger charge is 1.99. The Kier molecular flexibility index (Phi) is 3.08. The molecule has 0 fully saturated rings. The van der Waals surface area contributed by atoms with Crippen LogP contribution in [0, 0.1) is 0 Å². The minimum atomic E-state index is 0.145. The lowest BCUT2D eigenvalue weighted by atomic mass is 10.4. The molecule has 0 aliphatic carbocycles. The van der Waals surface area contributed by atoms with Crippen molar-refractivity contribution in [2.24, 2.45) is 0 Å². The molecular formula is C8H11ClN4. The molecule has 1 heterocycles. The Morgan fingerprint density at radius 2 is 2.31 bits per heavy atom. The van der Waals surface area contributed by atoms with E-state index in [0.29, 0.717) is 11.6 Å². The third-order valence-corrected chi connectivity index (χ3v) is 1.65. The first-order chi connectivity index (χ1) is 6.11. The molecule has 0 aromatic carbocycles. The maximum absolute atomic E-state index is 5.62. The van der Waals surface area contributed by atoms with Crippen molar-refractivity contribution in [2.75, 3.05) is 11.1 Å². The lowest BCUT2D eigenvalue weighted by Crippen LogP contribution is -2.01. The predicted molar refractivity (Wildman–Crippen MR) is 54.5 cm³/mol. The molecule has 0 saturated carbocycles. The molecule has 1 aromatic rings. The van der Waals surface area contributed by atoms with Gasteiger partial charge in [-0.15, -0.1) is 0 Å². The normalized spacial score (nSPS) is 11.5. The quantitative estimate of drug-likeness (QED) is 0.714. The van der Waals surface area contributed by atoms with Gasteiger partial charge in [-0.2, -0.15) is 0 Å². The molecule has 1 aromatic heterocycles. The number of nitrogens with zero attached hydrogens (tertiary/aromatic N) is 2. The molecule has 70 valence electrons. The van der Waals surface area contributed by atoms with Crippen molar-refractivity contribution in [3.63, 3.8) is 0 Å². The molecule has 1 rings (SSSR count). The SMILES string of the molecule is C/C=C(/C)Nc1cc(N)nc(Cl)n1. The van der Waals surface area contributed by atoms with Gasteiger partial charge in [0.25, 0.3) is 0 Å².